The third-order valence-corrected chi connectivity index (χ3v) is 9.07. The molecule has 5 rings (SSSR count). The highest BCUT2D eigenvalue weighted by Gasteiger charge is 2.60. The summed E-state index contributed by atoms with van der Waals surface area (Å²) < 4.78 is 0.780. The number of amides is 1. The molecule has 1 aromatic heterocycles. The van der Waals surface area contributed by atoms with E-state index in [9.17, 15) is 14.9 Å². The normalized spacial score (nSPS) is 21.6. The zero-order chi connectivity index (χ0) is 24.2. The van der Waals surface area contributed by atoms with Crippen molar-refractivity contribution >= 4 is 57.2 Å². The molecule has 0 saturated heterocycles. The monoisotopic (exact) mass is 512 g/mol. The molecule has 0 bridgehead atoms. The number of benzene rings is 1. The fourth-order valence-corrected chi connectivity index (χ4v) is 6.90. The fraction of sp³-hybridized carbons (Fsp3) is 0.348. The molecule has 1 aliphatic carbocycles. The zero-order valence-corrected chi connectivity index (χ0v) is 21.0. The largest absolute Gasteiger partial charge is 0.384 e. The summed E-state index contributed by atoms with van der Waals surface area (Å²) in [6.45, 7) is 3.88. The molecule has 2 aromatic rings. The van der Waals surface area contributed by atoms with E-state index in [-0.39, 0.29) is 23.6 Å². The number of carbonyl (C=O) groups is 2. The first-order valence-electron chi connectivity index (χ1n) is 10.9. The summed E-state index contributed by atoms with van der Waals surface area (Å²) in [5, 5.41) is 22.8. The molecule has 1 amide bonds. The van der Waals surface area contributed by atoms with Crippen LogP contribution >= 0.6 is 34.7 Å². The van der Waals surface area contributed by atoms with Crippen molar-refractivity contribution in [2.24, 2.45) is 5.73 Å². The van der Waals surface area contributed by atoms with Crippen molar-refractivity contribution < 1.29 is 9.59 Å². The second-order valence-electron chi connectivity index (χ2n) is 8.30. The first-order valence-corrected chi connectivity index (χ1v) is 13.1. The maximum atomic E-state index is 13.7. The molecule has 1 spiro atoms. The van der Waals surface area contributed by atoms with Crippen molar-refractivity contribution in [3.63, 3.8) is 0 Å². The number of Topliss-reactive ketones (excluding diaryl/α,β-unsaturated/α-hetero) is 1. The topological polar surface area (TPSA) is 125 Å². The molecule has 3 N–H and O–H groups in total. The van der Waals surface area contributed by atoms with E-state index in [2.05, 4.69) is 28.5 Å². The van der Waals surface area contributed by atoms with Crippen molar-refractivity contribution in [1.29, 1.82) is 5.26 Å². The van der Waals surface area contributed by atoms with E-state index in [0.717, 1.165) is 16.5 Å². The van der Waals surface area contributed by atoms with Gasteiger partial charge in [0.2, 0.25) is 11.0 Å². The molecule has 0 unspecified atom stereocenters. The average molecular weight is 513 g/mol. The lowest BCUT2D eigenvalue weighted by atomic mass is 9.64. The van der Waals surface area contributed by atoms with Crippen LogP contribution in [0.3, 0.4) is 0 Å². The maximum Gasteiger partial charge on any atom is 0.245 e. The second-order valence-corrected chi connectivity index (χ2v) is 11.0. The van der Waals surface area contributed by atoms with Crippen molar-refractivity contribution in [3.05, 3.63) is 50.9 Å². The van der Waals surface area contributed by atoms with Gasteiger partial charge >= 0.3 is 0 Å². The number of halogens is 1. The van der Waals surface area contributed by atoms with Crippen LogP contribution in [0, 0.1) is 18.3 Å². The van der Waals surface area contributed by atoms with E-state index in [1.165, 1.54) is 11.3 Å². The predicted octanol–water partition coefficient (Wildman–Crippen LogP) is 4.41. The van der Waals surface area contributed by atoms with Gasteiger partial charge in [-0.25, -0.2) is 0 Å². The Labute approximate surface area is 209 Å². The van der Waals surface area contributed by atoms with Gasteiger partial charge in [0, 0.05) is 34.0 Å². The molecule has 174 valence electrons. The Morgan fingerprint density at radius 1 is 1.35 bits per heavy atom. The van der Waals surface area contributed by atoms with Gasteiger partial charge in [0.25, 0.3) is 0 Å². The van der Waals surface area contributed by atoms with Gasteiger partial charge in [0.15, 0.2) is 10.1 Å². The number of hydrogen-bond acceptors (Lipinski definition) is 9. The third-order valence-electron chi connectivity index (χ3n) is 6.41. The highest BCUT2D eigenvalue weighted by atomic mass is 35.5. The Bertz CT molecular complexity index is 1360. The SMILES string of the molecule is CCCSc1nnc(N2C(N)=C(C#N)[C@@]3(C(=O)Nc4c3ccc(Cl)c4C)C3=C2CCCC3=O)s1. The summed E-state index contributed by atoms with van der Waals surface area (Å²) in [6, 6.07) is 5.56. The Kier molecular flexibility index (Phi) is 5.67. The van der Waals surface area contributed by atoms with Gasteiger partial charge in [-0.15, -0.1) is 10.2 Å². The predicted molar refractivity (Wildman–Crippen MR) is 133 cm³/mol. The number of nitrogens with two attached hydrogens (primary N) is 1. The minimum atomic E-state index is -1.61. The number of nitriles is 1. The molecule has 3 aliphatic rings. The van der Waals surface area contributed by atoms with E-state index in [0.29, 0.717) is 51.1 Å². The molecule has 2 aliphatic heterocycles. The summed E-state index contributed by atoms with van der Waals surface area (Å²) in [5.41, 5.74) is 7.65. The van der Waals surface area contributed by atoms with Gasteiger partial charge in [-0.1, -0.05) is 47.7 Å². The van der Waals surface area contributed by atoms with E-state index < -0.39 is 11.3 Å². The average Bonchev–Trinajstić information content (AvgIpc) is 3.39. The summed E-state index contributed by atoms with van der Waals surface area (Å²) >= 11 is 9.26. The Hall–Kier alpha value is -2.87. The number of aromatic nitrogens is 2. The number of nitrogens with zero attached hydrogens (tertiary/aromatic N) is 4. The van der Waals surface area contributed by atoms with Crippen LogP contribution in [0.1, 0.15) is 43.7 Å². The number of rotatable bonds is 4. The van der Waals surface area contributed by atoms with E-state index in [1.54, 1.807) is 35.7 Å². The highest BCUT2D eigenvalue weighted by molar-refractivity contribution is 8.01. The number of ketones is 1. The zero-order valence-electron chi connectivity index (χ0n) is 18.6. The van der Waals surface area contributed by atoms with Crippen LogP contribution in [0.4, 0.5) is 10.8 Å². The van der Waals surface area contributed by atoms with Crippen molar-refractivity contribution in [2.45, 2.75) is 49.3 Å². The Morgan fingerprint density at radius 2 is 2.15 bits per heavy atom. The number of hydrogen-bond donors (Lipinski definition) is 2. The van der Waals surface area contributed by atoms with Crippen molar-refractivity contribution in [3.8, 4) is 6.07 Å². The van der Waals surface area contributed by atoms with Gasteiger partial charge < -0.3 is 11.1 Å². The summed E-state index contributed by atoms with van der Waals surface area (Å²) in [7, 11) is 0. The summed E-state index contributed by atoms with van der Waals surface area (Å²) in [6.07, 6.45) is 2.42. The lowest BCUT2D eigenvalue weighted by Crippen LogP contribution is -2.50. The van der Waals surface area contributed by atoms with Crippen LogP contribution in [-0.2, 0) is 15.0 Å². The van der Waals surface area contributed by atoms with Crippen LogP contribution in [0.15, 0.2) is 39.1 Å². The maximum absolute atomic E-state index is 13.7. The fourth-order valence-electron chi connectivity index (χ4n) is 4.94. The van der Waals surface area contributed by atoms with Crippen LogP contribution in [0.5, 0.6) is 0 Å². The standard InChI is InChI=1S/C23H21ClN6O2S2/c1-3-9-33-22-29-28-21(34-22)30-15-5-4-6-16(31)17(15)23(13(10-25)19(30)26)12-7-8-14(24)11(2)18(12)27-20(23)32/h7-8H,3-6,9,26H2,1-2H3,(H,27,32)/t23-/m1/s1. The van der Waals surface area contributed by atoms with Crippen LogP contribution in [-0.4, -0.2) is 27.6 Å². The smallest absolute Gasteiger partial charge is 0.245 e. The number of allylic oxidation sites excluding steroid dienone is 1. The molecular weight excluding hydrogens is 492 g/mol. The van der Waals surface area contributed by atoms with Crippen LogP contribution in [0.2, 0.25) is 5.02 Å². The molecule has 34 heavy (non-hydrogen) atoms. The summed E-state index contributed by atoms with van der Waals surface area (Å²) in [5.74, 6) is 0.353. The second kappa shape index (κ2) is 8.41. The highest BCUT2D eigenvalue weighted by Crippen LogP contribution is 2.56. The summed E-state index contributed by atoms with van der Waals surface area (Å²) in [4.78, 5) is 28.9. The number of anilines is 2. The van der Waals surface area contributed by atoms with Crippen molar-refractivity contribution in [1.82, 2.24) is 10.2 Å². The molecule has 1 aromatic carbocycles. The minimum absolute atomic E-state index is 0.0115. The molecule has 0 radical (unpaired) electrons. The lowest BCUT2D eigenvalue weighted by molar-refractivity contribution is -0.122. The van der Waals surface area contributed by atoms with E-state index in [4.69, 9.17) is 17.3 Å². The van der Waals surface area contributed by atoms with E-state index >= 15 is 0 Å². The van der Waals surface area contributed by atoms with E-state index in [1.807, 2.05) is 0 Å². The van der Waals surface area contributed by atoms with Crippen LogP contribution < -0.4 is 16.0 Å². The molecule has 3 heterocycles. The first-order chi connectivity index (χ1) is 16.4. The molecular formula is C23H21ClN6O2S2. The molecule has 0 saturated carbocycles. The third kappa shape index (κ3) is 3.04. The minimum Gasteiger partial charge on any atom is -0.384 e. The quantitative estimate of drug-likeness (QED) is 0.577. The number of nitrogens with one attached hydrogen (secondary N) is 1. The van der Waals surface area contributed by atoms with Gasteiger partial charge in [-0.05, 0) is 37.8 Å². The molecule has 8 nitrogen and oxygen atoms in total. The van der Waals surface area contributed by atoms with Gasteiger partial charge in [-0.3, -0.25) is 14.5 Å². The van der Waals surface area contributed by atoms with Crippen LogP contribution in [0.25, 0.3) is 0 Å². The Balaban J connectivity index is 1.79. The lowest BCUT2D eigenvalue weighted by Gasteiger charge is -2.42. The van der Waals surface area contributed by atoms with Gasteiger partial charge in [0.1, 0.15) is 17.3 Å². The molecule has 11 heteroatoms. The molecule has 0 fully saturated rings. The molecule has 1 atom stereocenters. The Morgan fingerprint density at radius 3 is 2.88 bits per heavy atom. The number of carbonyl (C=O) groups excluding carboxylic acids is 2. The number of fused-ring (bicyclic) bond motifs is 3. The van der Waals surface area contributed by atoms with Crippen molar-refractivity contribution in [2.75, 3.05) is 16.0 Å². The number of thioether (sulfide) groups is 1. The van der Waals surface area contributed by atoms with Gasteiger partial charge in [0.05, 0.1) is 11.3 Å². The van der Waals surface area contributed by atoms with Gasteiger partial charge in [-0.2, -0.15) is 5.26 Å². The first kappa shape index (κ1) is 22.9.